The first-order valence-corrected chi connectivity index (χ1v) is 4.91. The van der Waals surface area contributed by atoms with E-state index < -0.39 is 0 Å². The summed E-state index contributed by atoms with van der Waals surface area (Å²) in [4.78, 5) is 4.14. The number of hydrogen-bond donors (Lipinski definition) is 0. The van der Waals surface area contributed by atoms with Crippen LogP contribution < -0.4 is 0 Å². The summed E-state index contributed by atoms with van der Waals surface area (Å²) >= 11 is 0. The normalized spacial score (nSPS) is 12.5. The lowest BCUT2D eigenvalue weighted by Crippen LogP contribution is -1.85. The Balaban J connectivity index is 2.79. The highest BCUT2D eigenvalue weighted by atomic mass is 14.7. The van der Waals surface area contributed by atoms with Crippen molar-refractivity contribution < 1.29 is 0 Å². The number of hydrogen-bond acceptors (Lipinski definition) is 1. The SMILES string of the molecule is C=C/N=C(\C=C/C)/C=C/c1ccccc1. The Kier molecular flexibility index (Phi) is 4.88. The summed E-state index contributed by atoms with van der Waals surface area (Å²) in [5, 5.41) is 0. The predicted octanol–water partition coefficient (Wildman–Crippen LogP) is 3.86. The van der Waals surface area contributed by atoms with Gasteiger partial charge in [-0.15, -0.1) is 0 Å². The molecular weight excluding hydrogens is 182 g/mol. The highest BCUT2D eigenvalue weighted by Crippen LogP contribution is 2.01. The van der Waals surface area contributed by atoms with Gasteiger partial charge in [0.25, 0.3) is 0 Å². The average Bonchev–Trinajstić information content (AvgIpc) is 2.28. The summed E-state index contributed by atoms with van der Waals surface area (Å²) in [7, 11) is 0. The second-order valence-electron chi connectivity index (χ2n) is 2.98. The van der Waals surface area contributed by atoms with E-state index in [1.165, 1.54) is 5.56 Å². The van der Waals surface area contributed by atoms with Crippen LogP contribution in [0.2, 0.25) is 0 Å². The van der Waals surface area contributed by atoms with Crippen molar-refractivity contribution in [1.29, 1.82) is 0 Å². The third-order valence-corrected chi connectivity index (χ3v) is 1.82. The van der Waals surface area contributed by atoms with Crippen LogP contribution in [-0.2, 0) is 0 Å². The highest BCUT2D eigenvalue weighted by Gasteiger charge is 1.86. The lowest BCUT2D eigenvalue weighted by molar-refractivity contribution is 1.58. The molecule has 0 radical (unpaired) electrons. The summed E-state index contributed by atoms with van der Waals surface area (Å²) in [6.07, 6.45) is 9.45. The molecule has 76 valence electrons. The van der Waals surface area contributed by atoms with Gasteiger partial charge in [-0.2, -0.15) is 0 Å². The predicted molar refractivity (Wildman–Crippen MR) is 67.9 cm³/mol. The number of benzene rings is 1. The van der Waals surface area contributed by atoms with Crippen LogP contribution in [0.15, 0.2) is 66.3 Å². The molecule has 0 aliphatic rings. The molecule has 0 aliphatic heterocycles. The van der Waals surface area contributed by atoms with Gasteiger partial charge in [0.05, 0.1) is 5.71 Å². The van der Waals surface area contributed by atoms with Crippen LogP contribution in [0, 0.1) is 0 Å². The zero-order valence-corrected chi connectivity index (χ0v) is 8.93. The molecule has 0 saturated heterocycles. The molecule has 1 heteroatoms. The molecule has 0 unspecified atom stereocenters. The Morgan fingerprint density at radius 3 is 2.53 bits per heavy atom. The Bertz CT molecular complexity index is 383. The number of aliphatic imine (C=N–C) groups is 1. The van der Waals surface area contributed by atoms with Crippen LogP contribution in [0.25, 0.3) is 6.08 Å². The topological polar surface area (TPSA) is 12.4 Å². The van der Waals surface area contributed by atoms with Crippen LogP contribution in [0.5, 0.6) is 0 Å². The van der Waals surface area contributed by atoms with Gasteiger partial charge in [0.1, 0.15) is 0 Å². The Morgan fingerprint density at radius 2 is 1.93 bits per heavy atom. The van der Waals surface area contributed by atoms with Crippen LogP contribution in [0.3, 0.4) is 0 Å². The van der Waals surface area contributed by atoms with Gasteiger partial charge >= 0.3 is 0 Å². The molecule has 0 N–H and O–H groups in total. The fraction of sp³-hybridized carbons (Fsp3) is 0.0714. The molecule has 0 aliphatic carbocycles. The molecule has 0 heterocycles. The van der Waals surface area contributed by atoms with Gasteiger partial charge in [-0.3, -0.25) is 4.99 Å². The highest BCUT2D eigenvalue weighted by molar-refractivity contribution is 6.06. The molecule has 0 spiro atoms. The van der Waals surface area contributed by atoms with Crippen LogP contribution in [0.4, 0.5) is 0 Å². The van der Waals surface area contributed by atoms with E-state index >= 15 is 0 Å². The second-order valence-corrected chi connectivity index (χ2v) is 2.98. The monoisotopic (exact) mass is 197 g/mol. The molecule has 0 atom stereocenters. The molecule has 15 heavy (non-hydrogen) atoms. The minimum Gasteiger partial charge on any atom is -0.258 e. The molecule has 0 fully saturated rings. The molecular formula is C14H15N. The lowest BCUT2D eigenvalue weighted by Gasteiger charge is -1.92. The molecule has 1 nitrogen and oxygen atoms in total. The first kappa shape index (κ1) is 11.2. The fourth-order valence-corrected chi connectivity index (χ4v) is 1.16. The van der Waals surface area contributed by atoms with E-state index in [-0.39, 0.29) is 0 Å². The summed E-state index contributed by atoms with van der Waals surface area (Å²) in [5.74, 6) is 0. The summed E-state index contributed by atoms with van der Waals surface area (Å²) in [6.45, 7) is 5.55. The summed E-state index contributed by atoms with van der Waals surface area (Å²) in [5.41, 5.74) is 2.06. The maximum atomic E-state index is 4.14. The number of nitrogens with zero attached hydrogens (tertiary/aromatic N) is 1. The number of allylic oxidation sites excluding steroid dienone is 3. The maximum Gasteiger partial charge on any atom is 0.0626 e. The minimum atomic E-state index is 0.899. The van der Waals surface area contributed by atoms with Gasteiger partial charge in [-0.05, 0) is 24.6 Å². The van der Waals surface area contributed by atoms with Gasteiger partial charge in [-0.25, -0.2) is 0 Å². The summed E-state index contributed by atoms with van der Waals surface area (Å²) < 4.78 is 0. The fourth-order valence-electron chi connectivity index (χ4n) is 1.16. The quantitative estimate of drug-likeness (QED) is 0.650. The van der Waals surface area contributed by atoms with Crippen molar-refractivity contribution in [3.63, 3.8) is 0 Å². The van der Waals surface area contributed by atoms with E-state index in [0.717, 1.165) is 5.71 Å². The van der Waals surface area contributed by atoms with Gasteiger partial charge in [0, 0.05) is 6.20 Å². The van der Waals surface area contributed by atoms with Crippen molar-refractivity contribution >= 4 is 11.8 Å². The van der Waals surface area contributed by atoms with Crippen molar-refractivity contribution in [2.24, 2.45) is 4.99 Å². The molecule has 0 amide bonds. The summed E-state index contributed by atoms with van der Waals surface area (Å²) in [6, 6.07) is 10.1. The zero-order chi connectivity index (χ0) is 10.9. The first-order chi connectivity index (χ1) is 7.36. The van der Waals surface area contributed by atoms with Gasteiger partial charge in [-0.1, -0.05) is 49.1 Å². The lowest BCUT2D eigenvalue weighted by atomic mass is 10.2. The number of rotatable bonds is 4. The second kappa shape index (κ2) is 6.55. The molecule has 0 aromatic heterocycles. The standard InChI is InChI=1S/C14H15N/c1-3-8-14(15-4-2)12-11-13-9-6-5-7-10-13/h3-12H,2H2,1H3/b8-3-,12-11+,15-14+. The van der Waals surface area contributed by atoms with E-state index in [1.807, 2.05) is 49.4 Å². The largest absolute Gasteiger partial charge is 0.258 e. The smallest absolute Gasteiger partial charge is 0.0626 e. The first-order valence-electron chi connectivity index (χ1n) is 4.91. The van der Waals surface area contributed by atoms with E-state index in [1.54, 1.807) is 6.20 Å². The molecule has 0 bridgehead atoms. The van der Waals surface area contributed by atoms with E-state index in [2.05, 4.69) is 23.7 Å². The Morgan fingerprint density at radius 1 is 1.20 bits per heavy atom. The molecule has 1 aromatic carbocycles. The van der Waals surface area contributed by atoms with Crippen LogP contribution >= 0.6 is 0 Å². The third-order valence-electron chi connectivity index (χ3n) is 1.82. The maximum absolute atomic E-state index is 4.14. The zero-order valence-electron chi connectivity index (χ0n) is 8.93. The van der Waals surface area contributed by atoms with Crippen molar-refractivity contribution in [1.82, 2.24) is 0 Å². The van der Waals surface area contributed by atoms with Gasteiger partial charge < -0.3 is 0 Å². The third kappa shape index (κ3) is 4.23. The van der Waals surface area contributed by atoms with Crippen molar-refractivity contribution in [2.75, 3.05) is 0 Å². The van der Waals surface area contributed by atoms with E-state index in [0.29, 0.717) is 0 Å². The molecule has 0 saturated carbocycles. The van der Waals surface area contributed by atoms with Gasteiger partial charge in [0.15, 0.2) is 0 Å². The van der Waals surface area contributed by atoms with Crippen LogP contribution in [-0.4, -0.2) is 5.71 Å². The van der Waals surface area contributed by atoms with Crippen molar-refractivity contribution in [3.05, 3.63) is 66.9 Å². The van der Waals surface area contributed by atoms with E-state index in [4.69, 9.17) is 0 Å². The van der Waals surface area contributed by atoms with Crippen molar-refractivity contribution in [3.8, 4) is 0 Å². The Hall–Kier alpha value is -1.89. The van der Waals surface area contributed by atoms with E-state index in [9.17, 15) is 0 Å². The van der Waals surface area contributed by atoms with Gasteiger partial charge in [0.2, 0.25) is 0 Å². The van der Waals surface area contributed by atoms with Crippen LogP contribution in [0.1, 0.15) is 12.5 Å². The minimum absolute atomic E-state index is 0.899. The Labute approximate surface area is 91.2 Å². The molecule has 1 aromatic rings. The molecule has 1 rings (SSSR count). The average molecular weight is 197 g/mol. The van der Waals surface area contributed by atoms with Crippen molar-refractivity contribution in [2.45, 2.75) is 6.92 Å².